The van der Waals surface area contributed by atoms with Crippen LogP contribution >= 0.6 is 0 Å². The van der Waals surface area contributed by atoms with Crippen molar-refractivity contribution in [2.45, 2.75) is 25.5 Å². The Kier molecular flexibility index (Phi) is 5.76. The van der Waals surface area contributed by atoms with E-state index in [4.69, 9.17) is 10.6 Å². The topological polar surface area (TPSA) is 123 Å². The SMILES string of the molecule is NCC1CN(c2nc3c(cc2F)c(=O)c(C(=O)O)cn3C2CC2)C=C1NOCc1ccccc1. The third kappa shape index (κ3) is 4.13. The standard InChI is InChI=1S/C24H24FN5O4/c25-19-8-17-21(31)18(24(32)33)11-30(16-6-7-16)22(17)27-23(19)29-10-15(9-26)20(12-29)28-34-13-14-4-2-1-3-5-14/h1-5,8,11-12,15-16,28H,6-7,9-10,13,26H2,(H,32,33). The van der Waals surface area contributed by atoms with Crippen molar-refractivity contribution in [3.63, 3.8) is 0 Å². The highest BCUT2D eigenvalue weighted by molar-refractivity contribution is 5.92. The number of benzene rings is 1. The molecular formula is C24H24FN5O4. The van der Waals surface area contributed by atoms with Crippen LogP contribution < -0.4 is 21.5 Å². The molecule has 5 rings (SSSR count). The van der Waals surface area contributed by atoms with Gasteiger partial charge in [-0.15, -0.1) is 0 Å². The lowest BCUT2D eigenvalue weighted by molar-refractivity contribution is 0.0440. The number of hydrogen-bond acceptors (Lipinski definition) is 7. The number of aromatic nitrogens is 2. The lowest BCUT2D eigenvalue weighted by atomic mass is 10.1. The Balaban J connectivity index is 1.46. The van der Waals surface area contributed by atoms with Gasteiger partial charge in [-0.3, -0.25) is 15.1 Å². The molecule has 0 bridgehead atoms. The van der Waals surface area contributed by atoms with Gasteiger partial charge in [0.25, 0.3) is 0 Å². The number of aromatic carboxylic acids is 1. The molecule has 1 aliphatic carbocycles. The molecule has 3 aromatic rings. The minimum Gasteiger partial charge on any atom is -0.477 e. The Morgan fingerprint density at radius 1 is 1.29 bits per heavy atom. The fourth-order valence-electron chi connectivity index (χ4n) is 4.12. The number of pyridine rings is 2. The number of halogens is 1. The minimum absolute atomic E-state index is 0.0431. The lowest BCUT2D eigenvalue weighted by Gasteiger charge is -2.19. The van der Waals surface area contributed by atoms with Crippen LogP contribution in [-0.4, -0.2) is 33.7 Å². The molecular weight excluding hydrogens is 441 g/mol. The first kappa shape index (κ1) is 22.1. The number of anilines is 1. The highest BCUT2D eigenvalue weighted by Crippen LogP contribution is 2.37. The predicted molar refractivity (Wildman–Crippen MR) is 124 cm³/mol. The van der Waals surface area contributed by atoms with Gasteiger partial charge in [0.1, 0.15) is 11.2 Å². The molecule has 0 saturated heterocycles. The monoisotopic (exact) mass is 465 g/mol. The molecule has 1 fully saturated rings. The lowest BCUT2D eigenvalue weighted by Crippen LogP contribution is -2.28. The summed E-state index contributed by atoms with van der Waals surface area (Å²) in [5.74, 6) is -2.14. The number of rotatable bonds is 8. The van der Waals surface area contributed by atoms with Crippen LogP contribution in [0.3, 0.4) is 0 Å². The van der Waals surface area contributed by atoms with Gasteiger partial charge in [0.05, 0.1) is 17.7 Å². The van der Waals surface area contributed by atoms with Crippen LogP contribution in [0, 0.1) is 11.7 Å². The van der Waals surface area contributed by atoms with Gasteiger partial charge in [0.15, 0.2) is 11.6 Å². The van der Waals surface area contributed by atoms with Crippen molar-refractivity contribution in [2.75, 3.05) is 18.0 Å². The summed E-state index contributed by atoms with van der Waals surface area (Å²) in [7, 11) is 0. The highest BCUT2D eigenvalue weighted by atomic mass is 19.1. The fourth-order valence-corrected chi connectivity index (χ4v) is 4.12. The maximum atomic E-state index is 15.2. The normalized spacial score (nSPS) is 17.8. The van der Waals surface area contributed by atoms with E-state index in [0.717, 1.165) is 24.5 Å². The minimum atomic E-state index is -1.34. The van der Waals surface area contributed by atoms with Crippen LogP contribution in [0.5, 0.6) is 0 Å². The Morgan fingerprint density at radius 3 is 2.74 bits per heavy atom. The summed E-state index contributed by atoms with van der Waals surface area (Å²) in [6.45, 7) is 1.04. The van der Waals surface area contributed by atoms with Crippen LogP contribution in [0.25, 0.3) is 11.0 Å². The van der Waals surface area contributed by atoms with E-state index in [0.29, 0.717) is 25.4 Å². The van der Waals surface area contributed by atoms with Gasteiger partial charge in [-0.1, -0.05) is 30.3 Å². The van der Waals surface area contributed by atoms with E-state index in [1.54, 1.807) is 15.7 Å². The number of nitrogens with zero attached hydrogens (tertiary/aromatic N) is 3. The van der Waals surface area contributed by atoms with Gasteiger partial charge >= 0.3 is 5.97 Å². The van der Waals surface area contributed by atoms with Gasteiger partial charge in [0.2, 0.25) is 5.43 Å². The molecule has 1 unspecified atom stereocenters. The zero-order valence-electron chi connectivity index (χ0n) is 18.3. The van der Waals surface area contributed by atoms with Crippen molar-refractivity contribution in [3.05, 3.63) is 81.7 Å². The molecule has 0 spiro atoms. The smallest absolute Gasteiger partial charge is 0.341 e. The van der Waals surface area contributed by atoms with E-state index in [2.05, 4.69) is 10.5 Å². The second-order valence-corrected chi connectivity index (χ2v) is 8.53. The molecule has 2 aliphatic rings. The molecule has 1 aromatic carbocycles. The predicted octanol–water partition coefficient (Wildman–Crippen LogP) is 2.53. The second kappa shape index (κ2) is 8.88. The molecule has 1 atom stereocenters. The summed E-state index contributed by atoms with van der Waals surface area (Å²) < 4.78 is 16.8. The van der Waals surface area contributed by atoms with E-state index in [1.807, 2.05) is 30.3 Å². The zero-order valence-corrected chi connectivity index (χ0v) is 18.3. The van der Waals surface area contributed by atoms with E-state index in [-0.39, 0.29) is 34.4 Å². The Hall–Kier alpha value is -3.76. The van der Waals surface area contributed by atoms with E-state index in [9.17, 15) is 14.7 Å². The van der Waals surface area contributed by atoms with Crippen molar-refractivity contribution in [2.24, 2.45) is 11.7 Å². The first-order valence-corrected chi connectivity index (χ1v) is 11.0. The molecule has 0 radical (unpaired) electrons. The van der Waals surface area contributed by atoms with Crippen LogP contribution in [0.15, 0.2) is 59.3 Å². The van der Waals surface area contributed by atoms with Gasteiger partial charge < -0.3 is 20.3 Å². The number of hydroxylamine groups is 1. The summed E-state index contributed by atoms with van der Waals surface area (Å²) in [6.07, 6.45) is 4.70. The summed E-state index contributed by atoms with van der Waals surface area (Å²) >= 11 is 0. The third-order valence-electron chi connectivity index (χ3n) is 6.09. The molecule has 34 heavy (non-hydrogen) atoms. The molecule has 4 N–H and O–H groups in total. The maximum Gasteiger partial charge on any atom is 0.341 e. The van der Waals surface area contributed by atoms with Crippen molar-refractivity contribution < 1.29 is 19.1 Å². The van der Waals surface area contributed by atoms with E-state index >= 15 is 4.39 Å². The summed E-state index contributed by atoms with van der Waals surface area (Å²) in [6, 6.07) is 10.8. The highest BCUT2D eigenvalue weighted by Gasteiger charge is 2.31. The van der Waals surface area contributed by atoms with Crippen molar-refractivity contribution in [1.29, 1.82) is 0 Å². The number of nitrogens with one attached hydrogen (secondary N) is 1. The molecule has 0 amide bonds. The van der Waals surface area contributed by atoms with Gasteiger partial charge in [-0.25, -0.2) is 14.2 Å². The molecule has 3 heterocycles. The largest absolute Gasteiger partial charge is 0.477 e. The average molecular weight is 465 g/mol. The summed E-state index contributed by atoms with van der Waals surface area (Å²) in [4.78, 5) is 35.9. The number of carboxylic acid groups (broad SMARTS) is 1. The molecule has 2 aromatic heterocycles. The molecule has 176 valence electrons. The number of carboxylic acids is 1. The van der Waals surface area contributed by atoms with Crippen LogP contribution in [0.4, 0.5) is 10.2 Å². The van der Waals surface area contributed by atoms with Gasteiger partial charge in [-0.2, -0.15) is 0 Å². The van der Waals surface area contributed by atoms with Crippen LogP contribution in [-0.2, 0) is 11.4 Å². The fraction of sp³-hybridized carbons (Fsp3) is 0.292. The van der Waals surface area contributed by atoms with Crippen molar-refractivity contribution in [1.82, 2.24) is 15.0 Å². The molecule has 9 nitrogen and oxygen atoms in total. The Labute approximate surface area is 194 Å². The van der Waals surface area contributed by atoms with Gasteiger partial charge in [-0.05, 0) is 24.5 Å². The summed E-state index contributed by atoms with van der Waals surface area (Å²) in [5, 5.41) is 9.36. The zero-order chi connectivity index (χ0) is 23.8. The number of carbonyl (C=O) groups is 1. The average Bonchev–Trinajstić information content (AvgIpc) is 3.59. The first-order valence-electron chi connectivity index (χ1n) is 11.0. The van der Waals surface area contributed by atoms with E-state index in [1.165, 1.54) is 6.20 Å². The van der Waals surface area contributed by atoms with E-state index < -0.39 is 17.2 Å². The van der Waals surface area contributed by atoms with Crippen molar-refractivity contribution in [3.8, 4) is 0 Å². The third-order valence-corrected chi connectivity index (χ3v) is 6.09. The quantitative estimate of drug-likeness (QED) is 0.434. The number of hydrogen-bond donors (Lipinski definition) is 3. The molecule has 1 saturated carbocycles. The first-order chi connectivity index (χ1) is 16.5. The van der Waals surface area contributed by atoms with Crippen LogP contribution in [0.1, 0.15) is 34.8 Å². The van der Waals surface area contributed by atoms with Crippen molar-refractivity contribution >= 4 is 22.8 Å². The Bertz CT molecular complexity index is 1340. The second-order valence-electron chi connectivity index (χ2n) is 8.53. The Morgan fingerprint density at radius 2 is 2.06 bits per heavy atom. The van der Waals surface area contributed by atoms with Crippen LogP contribution in [0.2, 0.25) is 0 Å². The maximum absolute atomic E-state index is 15.2. The molecule has 1 aliphatic heterocycles. The number of fused-ring (bicyclic) bond motifs is 1. The summed E-state index contributed by atoms with van der Waals surface area (Å²) in [5.41, 5.74) is 9.69. The number of nitrogens with two attached hydrogens (primary N) is 1. The van der Waals surface area contributed by atoms with Gasteiger partial charge in [0, 0.05) is 37.4 Å². The molecule has 10 heteroatoms.